The summed E-state index contributed by atoms with van der Waals surface area (Å²) >= 11 is 0. The largest absolute Gasteiger partial charge is 0.376 e. The third-order valence-electron chi connectivity index (χ3n) is 3.51. The van der Waals surface area contributed by atoms with Gasteiger partial charge in [-0.3, -0.25) is 9.59 Å². The molecule has 2 aliphatic heterocycles. The maximum Gasteiger partial charge on any atom is 0.251 e. The van der Waals surface area contributed by atoms with Crippen molar-refractivity contribution >= 4 is 17.5 Å². The summed E-state index contributed by atoms with van der Waals surface area (Å²) < 4.78 is 5.46. The van der Waals surface area contributed by atoms with Crippen molar-refractivity contribution in [1.29, 1.82) is 0 Å². The Morgan fingerprint density at radius 1 is 1.47 bits per heavy atom. The maximum atomic E-state index is 12.0. The van der Waals surface area contributed by atoms with Crippen LogP contribution < -0.4 is 10.6 Å². The molecule has 0 unspecified atom stereocenters. The molecular formula is C14H16N2O3. The molecule has 2 N–H and O–H groups in total. The van der Waals surface area contributed by atoms with Crippen molar-refractivity contribution in [3.63, 3.8) is 0 Å². The number of hydrogen-bond acceptors (Lipinski definition) is 3. The number of carbonyl (C=O) groups excluding carboxylic acids is 2. The summed E-state index contributed by atoms with van der Waals surface area (Å²) in [4.78, 5) is 23.3. The zero-order chi connectivity index (χ0) is 13.2. The lowest BCUT2D eigenvalue weighted by Crippen LogP contribution is -2.31. The van der Waals surface area contributed by atoms with E-state index in [-0.39, 0.29) is 17.9 Å². The lowest BCUT2D eigenvalue weighted by Gasteiger charge is -2.11. The fourth-order valence-electron chi connectivity index (χ4n) is 2.48. The molecule has 5 heteroatoms. The Hall–Kier alpha value is -1.88. The van der Waals surface area contributed by atoms with E-state index in [1.807, 2.05) is 0 Å². The molecule has 0 radical (unpaired) electrons. The van der Waals surface area contributed by atoms with E-state index in [0.717, 1.165) is 30.7 Å². The smallest absolute Gasteiger partial charge is 0.251 e. The van der Waals surface area contributed by atoms with Crippen LogP contribution in [0.2, 0.25) is 0 Å². The third-order valence-corrected chi connectivity index (χ3v) is 3.51. The van der Waals surface area contributed by atoms with Gasteiger partial charge in [0.15, 0.2) is 0 Å². The maximum absolute atomic E-state index is 12.0. The monoisotopic (exact) mass is 260 g/mol. The molecule has 0 aromatic heterocycles. The number of anilines is 1. The highest BCUT2D eigenvalue weighted by Crippen LogP contribution is 2.23. The fourth-order valence-corrected chi connectivity index (χ4v) is 2.48. The van der Waals surface area contributed by atoms with Crippen molar-refractivity contribution < 1.29 is 14.3 Å². The minimum Gasteiger partial charge on any atom is -0.376 e. The molecule has 0 spiro atoms. The van der Waals surface area contributed by atoms with Crippen LogP contribution in [0.3, 0.4) is 0 Å². The molecule has 0 saturated carbocycles. The van der Waals surface area contributed by atoms with Gasteiger partial charge >= 0.3 is 0 Å². The average Bonchev–Trinajstić information content (AvgIpc) is 3.02. The van der Waals surface area contributed by atoms with E-state index in [0.29, 0.717) is 18.5 Å². The number of rotatable bonds is 3. The molecule has 100 valence electrons. The normalized spacial score (nSPS) is 21.1. The number of fused-ring (bicyclic) bond motifs is 1. The van der Waals surface area contributed by atoms with E-state index in [4.69, 9.17) is 4.74 Å². The Balaban J connectivity index is 1.63. The standard InChI is InChI=1S/C14H16N2O3/c17-13-7-10-6-9(3-4-12(10)16-13)14(18)15-8-11-2-1-5-19-11/h3-4,6,11H,1-2,5,7-8H2,(H,15,18)(H,16,17)/t11-/m1/s1. The van der Waals surface area contributed by atoms with Gasteiger partial charge in [-0.15, -0.1) is 0 Å². The van der Waals surface area contributed by atoms with Gasteiger partial charge < -0.3 is 15.4 Å². The minimum atomic E-state index is -0.113. The fraction of sp³-hybridized carbons (Fsp3) is 0.429. The first-order valence-corrected chi connectivity index (χ1v) is 6.55. The van der Waals surface area contributed by atoms with Crippen molar-refractivity contribution in [3.8, 4) is 0 Å². The van der Waals surface area contributed by atoms with Crippen molar-refractivity contribution in [2.24, 2.45) is 0 Å². The Labute approximate surface area is 111 Å². The van der Waals surface area contributed by atoms with Crippen LogP contribution in [0.15, 0.2) is 18.2 Å². The van der Waals surface area contributed by atoms with Gasteiger partial charge in [-0.2, -0.15) is 0 Å². The van der Waals surface area contributed by atoms with Crippen LogP contribution >= 0.6 is 0 Å². The first-order chi connectivity index (χ1) is 9.22. The van der Waals surface area contributed by atoms with Crippen LogP contribution in [0.25, 0.3) is 0 Å². The first kappa shape index (κ1) is 12.2. The van der Waals surface area contributed by atoms with E-state index < -0.39 is 0 Å². The van der Waals surface area contributed by atoms with Crippen molar-refractivity contribution in [3.05, 3.63) is 29.3 Å². The summed E-state index contributed by atoms with van der Waals surface area (Å²) in [7, 11) is 0. The molecule has 5 nitrogen and oxygen atoms in total. The number of amides is 2. The minimum absolute atomic E-state index is 0.0214. The van der Waals surface area contributed by atoms with Gasteiger partial charge in [0, 0.05) is 24.4 Å². The van der Waals surface area contributed by atoms with Crippen molar-refractivity contribution in [1.82, 2.24) is 5.32 Å². The first-order valence-electron chi connectivity index (χ1n) is 6.55. The zero-order valence-corrected chi connectivity index (χ0v) is 10.6. The Morgan fingerprint density at radius 3 is 3.16 bits per heavy atom. The number of ether oxygens (including phenoxy) is 1. The second kappa shape index (κ2) is 5.01. The molecule has 2 heterocycles. The lowest BCUT2D eigenvalue weighted by atomic mass is 10.1. The quantitative estimate of drug-likeness (QED) is 0.855. The van der Waals surface area contributed by atoms with E-state index in [1.165, 1.54) is 0 Å². The summed E-state index contributed by atoms with van der Waals surface area (Å²) in [5.74, 6) is -0.135. The molecule has 1 fully saturated rings. The van der Waals surface area contributed by atoms with Gasteiger partial charge in [-0.1, -0.05) is 0 Å². The summed E-state index contributed by atoms with van der Waals surface area (Å²) in [6.07, 6.45) is 2.56. The highest BCUT2D eigenvalue weighted by atomic mass is 16.5. The van der Waals surface area contributed by atoms with Crippen molar-refractivity contribution in [2.45, 2.75) is 25.4 Å². The summed E-state index contributed by atoms with van der Waals surface area (Å²) in [6.45, 7) is 1.33. The van der Waals surface area contributed by atoms with Crippen LogP contribution in [-0.4, -0.2) is 31.1 Å². The van der Waals surface area contributed by atoms with Gasteiger partial charge in [0.1, 0.15) is 0 Å². The van der Waals surface area contributed by atoms with E-state index in [1.54, 1.807) is 18.2 Å². The number of hydrogen-bond donors (Lipinski definition) is 2. The van der Waals surface area contributed by atoms with Crippen LogP contribution in [0.4, 0.5) is 5.69 Å². The van der Waals surface area contributed by atoms with Crippen LogP contribution in [0.5, 0.6) is 0 Å². The Morgan fingerprint density at radius 2 is 2.37 bits per heavy atom. The van der Waals surface area contributed by atoms with Crippen LogP contribution in [0.1, 0.15) is 28.8 Å². The predicted molar refractivity (Wildman–Crippen MR) is 70.1 cm³/mol. The third kappa shape index (κ3) is 2.61. The Bertz CT molecular complexity index is 521. The Kier molecular flexibility index (Phi) is 3.21. The molecule has 2 aliphatic rings. The van der Waals surface area contributed by atoms with Gasteiger partial charge in [-0.05, 0) is 36.6 Å². The number of nitrogens with one attached hydrogen (secondary N) is 2. The van der Waals surface area contributed by atoms with Crippen LogP contribution in [0, 0.1) is 0 Å². The van der Waals surface area contributed by atoms with E-state index in [9.17, 15) is 9.59 Å². The molecule has 2 amide bonds. The summed E-state index contributed by atoms with van der Waals surface area (Å²) in [5, 5.41) is 5.62. The second-order valence-electron chi connectivity index (χ2n) is 4.94. The number of carbonyl (C=O) groups is 2. The molecule has 3 rings (SSSR count). The molecule has 1 atom stereocenters. The van der Waals surface area contributed by atoms with E-state index in [2.05, 4.69) is 10.6 Å². The molecule has 0 bridgehead atoms. The van der Waals surface area contributed by atoms with Crippen molar-refractivity contribution in [2.75, 3.05) is 18.5 Å². The van der Waals surface area contributed by atoms with Gasteiger partial charge in [0.25, 0.3) is 5.91 Å². The predicted octanol–water partition coefficient (Wildman–Crippen LogP) is 1.09. The van der Waals surface area contributed by atoms with E-state index >= 15 is 0 Å². The number of benzene rings is 1. The topological polar surface area (TPSA) is 67.4 Å². The molecule has 19 heavy (non-hydrogen) atoms. The van der Waals surface area contributed by atoms with Gasteiger partial charge in [0.05, 0.1) is 12.5 Å². The van der Waals surface area contributed by atoms with Crippen LogP contribution in [-0.2, 0) is 16.0 Å². The highest BCUT2D eigenvalue weighted by molar-refractivity contribution is 6.01. The lowest BCUT2D eigenvalue weighted by molar-refractivity contribution is -0.115. The highest BCUT2D eigenvalue weighted by Gasteiger charge is 2.20. The van der Waals surface area contributed by atoms with Gasteiger partial charge in [0.2, 0.25) is 5.91 Å². The molecule has 0 aliphatic carbocycles. The zero-order valence-electron chi connectivity index (χ0n) is 10.6. The molecule has 1 aromatic rings. The SMILES string of the molecule is O=C1Cc2cc(C(=O)NC[C@H]3CCCO3)ccc2N1. The molecule has 1 saturated heterocycles. The van der Waals surface area contributed by atoms with Gasteiger partial charge in [-0.25, -0.2) is 0 Å². The second-order valence-corrected chi connectivity index (χ2v) is 4.94. The summed E-state index contributed by atoms with van der Waals surface area (Å²) in [5.41, 5.74) is 2.28. The summed E-state index contributed by atoms with van der Waals surface area (Å²) in [6, 6.07) is 5.29. The average molecular weight is 260 g/mol. The molecule has 1 aromatic carbocycles. The molecular weight excluding hydrogens is 244 g/mol.